The predicted molar refractivity (Wildman–Crippen MR) is 143 cm³/mol. The van der Waals surface area contributed by atoms with E-state index in [0.29, 0.717) is 26.2 Å². The number of nitrogens with one attached hydrogen (secondary N) is 2. The van der Waals surface area contributed by atoms with Crippen molar-refractivity contribution in [3.63, 3.8) is 0 Å². The van der Waals surface area contributed by atoms with Crippen LogP contribution in [0.4, 0.5) is 0 Å². The van der Waals surface area contributed by atoms with Gasteiger partial charge in [-0.2, -0.15) is 0 Å². The molecular formula is C29H43N3O4. The van der Waals surface area contributed by atoms with E-state index >= 15 is 0 Å². The monoisotopic (exact) mass is 497 g/mol. The molecule has 0 unspecified atom stereocenters. The number of amides is 2. The van der Waals surface area contributed by atoms with Crippen molar-refractivity contribution in [3.05, 3.63) is 71.8 Å². The van der Waals surface area contributed by atoms with Gasteiger partial charge < -0.3 is 25.8 Å². The zero-order chi connectivity index (χ0) is 26.5. The molecule has 4 atom stereocenters. The lowest BCUT2D eigenvalue weighted by atomic mass is 9.87. The highest BCUT2D eigenvalue weighted by molar-refractivity contribution is 5.88. The maximum Gasteiger partial charge on any atom is 0.243 e. The Hall–Kier alpha value is -2.74. The summed E-state index contributed by atoms with van der Waals surface area (Å²) in [5.41, 5.74) is 8.47. The van der Waals surface area contributed by atoms with Gasteiger partial charge in [-0.3, -0.25) is 9.59 Å². The molecule has 198 valence electrons. The summed E-state index contributed by atoms with van der Waals surface area (Å²) in [6.07, 6.45) is 0.0788. The molecule has 0 radical (unpaired) electrons. The lowest BCUT2D eigenvalue weighted by Crippen LogP contribution is -2.52. The third-order valence-corrected chi connectivity index (χ3v) is 6.39. The Bertz CT molecular complexity index is 905. The average Bonchev–Trinajstić information content (AvgIpc) is 2.87. The van der Waals surface area contributed by atoms with Crippen molar-refractivity contribution in [2.24, 2.45) is 23.5 Å². The number of carbonyl (C=O) groups is 2. The van der Waals surface area contributed by atoms with Gasteiger partial charge in [0.2, 0.25) is 11.8 Å². The van der Waals surface area contributed by atoms with Crippen molar-refractivity contribution in [2.75, 3.05) is 13.7 Å². The van der Waals surface area contributed by atoms with Crippen LogP contribution >= 0.6 is 0 Å². The molecule has 0 saturated carbocycles. The third-order valence-electron chi connectivity index (χ3n) is 6.39. The molecule has 36 heavy (non-hydrogen) atoms. The van der Waals surface area contributed by atoms with Crippen LogP contribution in [0.2, 0.25) is 0 Å². The first-order valence-electron chi connectivity index (χ1n) is 12.7. The molecule has 7 nitrogen and oxygen atoms in total. The van der Waals surface area contributed by atoms with Crippen LogP contribution in [0, 0.1) is 17.8 Å². The minimum Gasteiger partial charge on any atom is -0.380 e. The molecule has 2 rings (SSSR count). The summed E-state index contributed by atoms with van der Waals surface area (Å²) in [5, 5.41) is 5.93. The summed E-state index contributed by atoms with van der Waals surface area (Å²) >= 11 is 0. The lowest BCUT2D eigenvalue weighted by molar-refractivity contribution is -0.134. The number of hydrogen-bond acceptors (Lipinski definition) is 5. The molecule has 0 aromatic heterocycles. The van der Waals surface area contributed by atoms with Gasteiger partial charge in [0.25, 0.3) is 0 Å². The molecule has 0 aliphatic heterocycles. The lowest BCUT2D eigenvalue weighted by Gasteiger charge is -2.30. The number of hydrogen-bond donors (Lipinski definition) is 3. The molecule has 0 saturated heterocycles. The van der Waals surface area contributed by atoms with Crippen molar-refractivity contribution in [1.82, 2.24) is 10.6 Å². The second-order valence-corrected chi connectivity index (χ2v) is 9.96. The summed E-state index contributed by atoms with van der Waals surface area (Å²) < 4.78 is 11.5. The van der Waals surface area contributed by atoms with E-state index < -0.39 is 6.04 Å². The SMILES string of the molecule is CO[C@@H](C[C@H](C(=O)N[C@H](C(=O)NCc1ccccc1)C(C)C)C(C)C)[C@@H](N)COCc1ccccc1. The maximum atomic E-state index is 13.3. The number of methoxy groups -OCH3 is 1. The van der Waals surface area contributed by atoms with Crippen LogP contribution in [-0.2, 0) is 32.2 Å². The Morgan fingerprint density at radius 1 is 0.861 bits per heavy atom. The van der Waals surface area contributed by atoms with Crippen LogP contribution in [-0.4, -0.2) is 43.7 Å². The van der Waals surface area contributed by atoms with Crippen LogP contribution in [0.3, 0.4) is 0 Å². The minimum absolute atomic E-state index is 0.0419. The largest absolute Gasteiger partial charge is 0.380 e. The Kier molecular flexibility index (Phi) is 12.6. The standard InChI is InChI=1S/C29H43N3O4/c1-20(2)24(16-26(35-5)25(30)19-36-18-23-14-10-7-11-15-23)28(33)32-27(21(3)4)29(34)31-17-22-12-8-6-9-13-22/h6-15,20-21,24-27H,16-19,30H2,1-5H3,(H,31,34)(H,32,33)/t24-,25-,26-,27-/m0/s1. The van der Waals surface area contributed by atoms with Crippen molar-refractivity contribution in [3.8, 4) is 0 Å². The van der Waals surface area contributed by atoms with E-state index in [-0.39, 0.29) is 41.7 Å². The Morgan fingerprint density at radius 3 is 1.97 bits per heavy atom. The second kappa shape index (κ2) is 15.4. The molecule has 4 N–H and O–H groups in total. The quantitative estimate of drug-likeness (QED) is 0.348. The van der Waals surface area contributed by atoms with E-state index in [9.17, 15) is 9.59 Å². The third kappa shape index (κ3) is 9.72. The molecule has 2 aromatic rings. The average molecular weight is 498 g/mol. The summed E-state index contributed by atoms with van der Waals surface area (Å²) in [6, 6.07) is 18.6. The fourth-order valence-corrected chi connectivity index (χ4v) is 4.06. The van der Waals surface area contributed by atoms with Gasteiger partial charge in [0.15, 0.2) is 0 Å². The Balaban J connectivity index is 1.95. The van der Waals surface area contributed by atoms with Gasteiger partial charge in [0, 0.05) is 19.6 Å². The first-order chi connectivity index (χ1) is 17.2. The highest BCUT2D eigenvalue weighted by Crippen LogP contribution is 2.21. The molecule has 0 aliphatic carbocycles. The van der Waals surface area contributed by atoms with Crippen LogP contribution < -0.4 is 16.4 Å². The van der Waals surface area contributed by atoms with Gasteiger partial charge in [0.05, 0.1) is 25.4 Å². The topological polar surface area (TPSA) is 103 Å². The van der Waals surface area contributed by atoms with Gasteiger partial charge in [0.1, 0.15) is 6.04 Å². The van der Waals surface area contributed by atoms with Crippen LogP contribution in [0.1, 0.15) is 45.2 Å². The van der Waals surface area contributed by atoms with E-state index in [1.54, 1.807) is 7.11 Å². The second-order valence-electron chi connectivity index (χ2n) is 9.96. The molecular weight excluding hydrogens is 454 g/mol. The number of carbonyl (C=O) groups excluding carboxylic acids is 2. The van der Waals surface area contributed by atoms with E-state index in [1.165, 1.54) is 0 Å². The van der Waals surface area contributed by atoms with Gasteiger partial charge in [-0.05, 0) is 29.4 Å². The van der Waals surface area contributed by atoms with Gasteiger partial charge in [-0.25, -0.2) is 0 Å². The normalized spacial score (nSPS) is 14.8. The summed E-state index contributed by atoms with van der Waals surface area (Å²) in [4.78, 5) is 26.3. The highest BCUT2D eigenvalue weighted by atomic mass is 16.5. The molecule has 7 heteroatoms. The predicted octanol–water partition coefficient (Wildman–Crippen LogP) is 3.67. The maximum absolute atomic E-state index is 13.3. The zero-order valence-corrected chi connectivity index (χ0v) is 22.3. The fraction of sp³-hybridized carbons (Fsp3) is 0.517. The van der Waals surface area contributed by atoms with Crippen molar-refractivity contribution in [1.29, 1.82) is 0 Å². The smallest absolute Gasteiger partial charge is 0.243 e. The molecule has 0 aliphatic rings. The van der Waals surface area contributed by atoms with E-state index in [0.717, 1.165) is 11.1 Å². The Morgan fingerprint density at radius 2 is 1.44 bits per heavy atom. The van der Waals surface area contributed by atoms with Gasteiger partial charge >= 0.3 is 0 Å². The van der Waals surface area contributed by atoms with Crippen molar-refractivity contribution >= 4 is 11.8 Å². The van der Waals surface area contributed by atoms with E-state index in [1.807, 2.05) is 88.4 Å². The first kappa shape index (κ1) is 29.5. The van der Waals surface area contributed by atoms with E-state index in [2.05, 4.69) is 10.6 Å². The summed E-state index contributed by atoms with van der Waals surface area (Å²) in [6.45, 7) is 9.03. The van der Waals surface area contributed by atoms with E-state index in [4.69, 9.17) is 15.2 Å². The molecule has 2 amide bonds. The van der Waals surface area contributed by atoms with Crippen molar-refractivity contribution < 1.29 is 19.1 Å². The first-order valence-corrected chi connectivity index (χ1v) is 12.7. The fourth-order valence-electron chi connectivity index (χ4n) is 4.06. The number of benzene rings is 2. The zero-order valence-electron chi connectivity index (χ0n) is 22.3. The molecule has 0 bridgehead atoms. The number of rotatable bonds is 15. The van der Waals surface area contributed by atoms with Crippen LogP contribution in [0.25, 0.3) is 0 Å². The minimum atomic E-state index is -0.633. The molecule has 2 aromatic carbocycles. The molecule has 0 fully saturated rings. The number of ether oxygens (including phenoxy) is 2. The summed E-state index contributed by atoms with van der Waals surface area (Å²) in [5.74, 6) is -0.750. The van der Waals surface area contributed by atoms with Crippen LogP contribution in [0.15, 0.2) is 60.7 Å². The molecule has 0 heterocycles. The molecule has 0 spiro atoms. The van der Waals surface area contributed by atoms with Crippen molar-refractivity contribution in [2.45, 2.75) is 65.5 Å². The Labute approximate surface area is 216 Å². The number of nitrogens with two attached hydrogens (primary N) is 1. The van der Waals surface area contributed by atoms with Gasteiger partial charge in [-0.15, -0.1) is 0 Å². The van der Waals surface area contributed by atoms with Crippen LogP contribution in [0.5, 0.6) is 0 Å². The summed E-state index contributed by atoms with van der Waals surface area (Å²) in [7, 11) is 1.60. The van der Waals surface area contributed by atoms with Gasteiger partial charge in [-0.1, -0.05) is 88.4 Å². The highest BCUT2D eigenvalue weighted by Gasteiger charge is 2.32.